The van der Waals surface area contributed by atoms with Gasteiger partial charge in [0.1, 0.15) is 18.1 Å². The van der Waals surface area contributed by atoms with Gasteiger partial charge in [0, 0.05) is 13.3 Å². The van der Waals surface area contributed by atoms with Crippen molar-refractivity contribution in [1.82, 2.24) is 16.0 Å². The van der Waals surface area contributed by atoms with Gasteiger partial charge < -0.3 is 21.1 Å². The minimum Gasteiger partial charge on any atom is -0.480 e. The van der Waals surface area contributed by atoms with Crippen LogP contribution in [0.2, 0.25) is 0 Å². The maximum Gasteiger partial charge on any atom is 0.326 e. The number of carboxylic acid groups (broad SMARTS) is 1. The molecule has 0 bridgehead atoms. The second kappa shape index (κ2) is 11.9. The maximum atomic E-state index is 12.8. The average molecular weight is 420 g/mol. The van der Waals surface area contributed by atoms with Crippen molar-refractivity contribution < 1.29 is 24.3 Å². The van der Waals surface area contributed by atoms with Crippen molar-refractivity contribution in [1.29, 1.82) is 0 Å². The standard InChI is InChI=1S/C22H33N3O5/c1-13(2)11-17(23-15(5)26)20(27)25-19(14(3)4)21(28)24-18(22(29)30)12-16-9-7-6-8-10-16/h6-10,13-14,17-19H,11-12H2,1-5H3,(H,23,26)(H,24,28)(H,25,27)(H,29,30)/t17-,18-,19-/m0/s1. The molecule has 8 heteroatoms. The molecule has 0 aromatic heterocycles. The molecular formula is C22H33N3O5. The summed E-state index contributed by atoms with van der Waals surface area (Å²) in [7, 11) is 0. The maximum absolute atomic E-state index is 12.8. The van der Waals surface area contributed by atoms with Crippen LogP contribution in [0.4, 0.5) is 0 Å². The lowest BCUT2D eigenvalue weighted by Crippen LogP contribution is -2.57. The highest BCUT2D eigenvalue weighted by Gasteiger charge is 2.31. The molecule has 0 radical (unpaired) electrons. The lowest BCUT2D eigenvalue weighted by molar-refractivity contribution is -0.142. The summed E-state index contributed by atoms with van der Waals surface area (Å²) in [6.45, 7) is 8.69. The summed E-state index contributed by atoms with van der Waals surface area (Å²) in [4.78, 5) is 48.6. The van der Waals surface area contributed by atoms with Gasteiger partial charge in [-0.05, 0) is 23.8 Å². The number of benzene rings is 1. The van der Waals surface area contributed by atoms with Crippen molar-refractivity contribution in [2.24, 2.45) is 11.8 Å². The second-order valence-corrected chi connectivity index (χ2v) is 8.20. The third-order valence-electron chi connectivity index (χ3n) is 4.55. The van der Waals surface area contributed by atoms with E-state index in [0.29, 0.717) is 6.42 Å². The number of hydrogen-bond donors (Lipinski definition) is 4. The van der Waals surface area contributed by atoms with Crippen LogP contribution in [0.1, 0.15) is 46.6 Å². The van der Waals surface area contributed by atoms with Crippen molar-refractivity contribution in [3.8, 4) is 0 Å². The highest BCUT2D eigenvalue weighted by molar-refractivity contribution is 5.93. The summed E-state index contributed by atoms with van der Waals surface area (Å²) in [6.07, 6.45) is 0.548. The fourth-order valence-electron chi connectivity index (χ4n) is 3.05. The molecule has 0 aliphatic carbocycles. The molecule has 0 aliphatic heterocycles. The fraction of sp³-hybridized carbons (Fsp3) is 0.545. The van der Waals surface area contributed by atoms with Crippen LogP contribution in [-0.2, 0) is 25.6 Å². The van der Waals surface area contributed by atoms with Crippen LogP contribution in [0.3, 0.4) is 0 Å². The number of carboxylic acids is 1. The van der Waals surface area contributed by atoms with Crippen LogP contribution in [0.15, 0.2) is 30.3 Å². The molecule has 0 fully saturated rings. The van der Waals surface area contributed by atoms with E-state index in [9.17, 15) is 24.3 Å². The smallest absolute Gasteiger partial charge is 0.326 e. The van der Waals surface area contributed by atoms with Gasteiger partial charge in [0.15, 0.2) is 0 Å². The Morgan fingerprint density at radius 2 is 1.47 bits per heavy atom. The van der Waals surface area contributed by atoms with Gasteiger partial charge >= 0.3 is 5.97 Å². The summed E-state index contributed by atoms with van der Waals surface area (Å²) >= 11 is 0. The topological polar surface area (TPSA) is 125 Å². The monoisotopic (exact) mass is 419 g/mol. The lowest BCUT2D eigenvalue weighted by atomic mass is 9.99. The van der Waals surface area contributed by atoms with Gasteiger partial charge in [0.05, 0.1) is 0 Å². The van der Waals surface area contributed by atoms with Gasteiger partial charge in [-0.2, -0.15) is 0 Å². The van der Waals surface area contributed by atoms with Crippen LogP contribution in [0, 0.1) is 11.8 Å². The minimum absolute atomic E-state index is 0.128. The van der Waals surface area contributed by atoms with Crippen molar-refractivity contribution in [3.05, 3.63) is 35.9 Å². The van der Waals surface area contributed by atoms with Crippen molar-refractivity contribution >= 4 is 23.7 Å². The number of hydrogen-bond acceptors (Lipinski definition) is 4. The molecule has 1 rings (SSSR count). The average Bonchev–Trinajstić information content (AvgIpc) is 2.64. The Balaban J connectivity index is 2.90. The molecule has 0 unspecified atom stereocenters. The van der Waals surface area contributed by atoms with E-state index in [1.165, 1.54) is 6.92 Å². The van der Waals surface area contributed by atoms with E-state index in [1.807, 2.05) is 19.9 Å². The predicted molar refractivity (Wildman–Crippen MR) is 114 cm³/mol. The number of nitrogens with one attached hydrogen (secondary N) is 3. The van der Waals surface area contributed by atoms with Gasteiger partial charge in [0.25, 0.3) is 0 Å². The number of carbonyl (C=O) groups is 4. The number of rotatable bonds is 11. The van der Waals surface area contributed by atoms with Gasteiger partial charge in [-0.15, -0.1) is 0 Å². The Bertz CT molecular complexity index is 734. The van der Waals surface area contributed by atoms with Crippen LogP contribution >= 0.6 is 0 Å². The molecule has 0 saturated carbocycles. The molecule has 3 atom stereocenters. The Morgan fingerprint density at radius 3 is 1.93 bits per heavy atom. The summed E-state index contributed by atoms with van der Waals surface area (Å²) in [5.41, 5.74) is 0.776. The SMILES string of the molecule is CC(=O)N[C@@H](CC(C)C)C(=O)N[C@H](C(=O)N[C@@H](Cc1ccccc1)C(=O)O)C(C)C. The molecule has 0 spiro atoms. The van der Waals surface area contributed by atoms with Crippen LogP contribution < -0.4 is 16.0 Å². The summed E-state index contributed by atoms with van der Waals surface area (Å²) in [5, 5.41) is 17.3. The van der Waals surface area contributed by atoms with Gasteiger partial charge in [-0.3, -0.25) is 14.4 Å². The van der Waals surface area contributed by atoms with E-state index >= 15 is 0 Å². The second-order valence-electron chi connectivity index (χ2n) is 8.20. The number of aliphatic carboxylic acids is 1. The first kappa shape index (κ1) is 25.1. The third kappa shape index (κ3) is 8.63. The van der Waals surface area contributed by atoms with Crippen molar-refractivity contribution in [2.75, 3.05) is 0 Å². The third-order valence-corrected chi connectivity index (χ3v) is 4.55. The first-order valence-corrected chi connectivity index (χ1v) is 10.2. The highest BCUT2D eigenvalue weighted by atomic mass is 16.4. The molecule has 166 valence electrons. The summed E-state index contributed by atoms with van der Waals surface area (Å²) in [5.74, 6) is -2.67. The van der Waals surface area contributed by atoms with Gasteiger partial charge in [-0.25, -0.2) is 4.79 Å². The van der Waals surface area contributed by atoms with Crippen LogP contribution in [0.25, 0.3) is 0 Å². The normalized spacial score (nSPS) is 14.0. The molecule has 0 saturated heterocycles. The first-order valence-electron chi connectivity index (χ1n) is 10.2. The fourth-order valence-corrected chi connectivity index (χ4v) is 3.05. The van der Waals surface area contributed by atoms with Crippen LogP contribution in [-0.4, -0.2) is 46.9 Å². The predicted octanol–water partition coefficient (Wildman–Crippen LogP) is 1.49. The summed E-state index contributed by atoms with van der Waals surface area (Å²) < 4.78 is 0. The van der Waals surface area contributed by atoms with E-state index in [-0.39, 0.29) is 24.2 Å². The van der Waals surface area contributed by atoms with E-state index in [0.717, 1.165) is 5.56 Å². The molecule has 0 heterocycles. The van der Waals surface area contributed by atoms with E-state index < -0.39 is 35.9 Å². The molecule has 3 amide bonds. The lowest BCUT2D eigenvalue weighted by Gasteiger charge is -2.27. The molecule has 1 aromatic carbocycles. The number of carbonyl (C=O) groups excluding carboxylic acids is 3. The minimum atomic E-state index is -1.16. The molecular weight excluding hydrogens is 386 g/mol. The van der Waals surface area contributed by atoms with E-state index in [2.05, 4.69) is 16.0 Å². The zero-order chi connectivity index (χ0) is 22.8. The van der Waals surface area contributed by atoms with Crippen molar-refractivity contribution in [3.63, 3.8) is 0 Å². The van der Waals surface area contributed by atoms with E-state index in [1.54, 1.807) is 38.1 Å². The van der Waals surface area contributed by atoms with E-state index in [4.69, 9.17) is 0 Å². The van der Waals surface area contributed by atoms with Crippen LogP contribution in [0.5, 0.6) is 0 Å². The summed E-state index contributed by atoms with van der Waals surface area (Å²) in [6, 6.07) is 6.16. The molecule has 8 nitrogen and oxygen atoms in total. The zero-order valence-electron chi connectivity index (χ0n) is 18.3. The molecule has 0 aliphatic rings. The quantitative estimate of drug-likeness (QED) is 0.433. The zero-order valence-corrected chi connectivity index (χ0v) is 18.3. The molecule has 30 heavy (non-hydrogen) atoms. The molecule has 4 N–H and O–H groups in total. The molecule has 1 aromatic rings. The Hall–Kier alpha value is -2.90. The Labute approximate surface area is 177 Å². The van der Waals surface area contributed by atoms with Gasteiger partial charge in [0.2, 0.25) is 17.7 Å². The van der Waals surface area contributed by atoms with Crippen molar-refractivity contribution in [2.45, 2.75) is 65.6 Å². The number of amides is 3. The Morgan fingerprint density at radius 1 is 0.867 bits per heavy atom. The largest absolute Gasteiger partial charge is 0.480 e. The van der Waals surface area contributed by atoms with Gasteiger partial charge in [-0.1, -0.05) is 58.0 Å². The highest BCUT2D eigenvalue weighted by Crippen LogP contribution is 2.09. The first-order chi connectivity index (χ1) is 14.0. The Kier molecular flexibility index (Phi) is 10.0.